The van der Waals surface area contributed by atoms with Gasteiger partial charge in [0.1, 0.15) is 5.82 Å². The number of nitrogens with one attached hydrogen (secondary N) is 2. The largest absolute Gasteiger partial charge is 0.384 e. The highest BCUT2D eigenvalue weighted by atomic mass is 19.1. The number of hydrogen-bond acceptors (Lipinski definition) is 2. The molecule has 0 saturated carbocycles. The van der Waals surface area contributed by atoms with Gasteiger partial charge in [-0.2, -0.15) is 0 Å². The van der Waals surface area contributed by atoms with Gasteiger partial charge in [-0.25, -0.2) is 4.39 Å². The molecule has 3 nitrogen and oxygen atoms in total. The van der Waals surface area contributed by atoms with Crippen LogP contribution in [0.4, 0.5) is 10.1 Å². The molecule has 0 saturated heterocycles. The molecule has 126 valence electrons. The first-order valence-corrected chi connectivity index (χ1v) is 8.46. The Morgan fingerprint density at radius 2 is 2.12 bits per heavy atom. The van der Waals surface area contributed by atoms with Crippen LogP contribution in [0.25, 0.3) is 0 Å². The van der Waals surface area contributed by atoms with Crippen LogP contribution in [0.15, 0.2) is 36.4 Å². The van der Waals surface area contributed by atoms with E-state index in [0.717, 1.165) is 24.2 Å². The Balaban J connectivity index is 1.72. The van der Waals surface area contributed by atoms with Crippen molar-refractivity contribution >= 4 is 11.6 Å². The van der Waals surface area contributed by atoms with Crippen molar-refractivity contribution in [1.29, 1.82) is 0 Å². The monoisotopic (exact) mass is 326 g/mol. The Bertz CT molecular complexity index is 757. The molecule has 0 aromatic heterocycles. The van der Waals surface area contributed by atoms with E-state index >= 15 is 0 Å². The molecular weight excluding hydrogens is 303 g/mol. The van der Waals surface area contributed by atoms with Gasteiger partial charge >= 0.3 is 0 Å². The predicted molar refractivity (Wildman–Crippen MR) is 95.1 cm³/mol. The van der Waals surface area contributed by atoms with Crippen molar-refractivity contribution in [2.24, 2.45) is 0 Å². The lowest BCUT2D eigenvalue weighted by Gasteiger charge is -2.26. The van der Waals surface area contributed by atoms with Crippen LogP contribution in [0.2, 0.25) is 0 Å². The zero-order valence-electron chi connectivity index (χ0n) is 14.2. The average Bonchev–Trinajstić information content (AvgIpc) is 2.57. The summed E-state index contributed by atoms with van der Waals surface area (Å²) in [5.41, 5.74) is 4.55. The highest BCUT2D eigenvalue weighted by molar-refractivity contribution is 6.00. The van der Waals surface area contributed by atoms with Crippen LogP contribution in [0.5, 0.6) is 0 Å². The zero-order valence-corrected chi connectivity index (χ0v) is 14.2. The molecule has 2 aromatic rings. The van der Waals surface area contributed by atoms with Gasteiger partial charge in [-0.3, -0.25) is 4.79 Å². The normalized spacial score (nSPS) is 16.2. The van der Waals surface area contributed by atoms with Gasteiger partial charge in [0, 0.05) is 13.1 Å². The fourth-order valence-corrected chi connectivity index (χ4v) is 3.26. The van der Waals surface area contributed by atoms with Crippen molar-refractivity contribution in [3.05, 3.63) is 64.5 Å². The molecular formula is C20H23FN2O. The van der Waals surface area contributed by atoms with E-state index in [4.69, 9.17) is 0 Å². The van der Waals surface area contributed by atoms with Crippen LogP contribution < -0.4 is 10.6 Å². The summed E-state index contributed by atoms with van der Waals surface area (Å²) < 4.78 is 13.6. The summed E-state index contributed by atoms with van der Waals surface area (Å²) >= 11 is 0. The zero-order chi connectivity index (χ0) is 17.1. The Hall–Kier alpha value is -2.36. The van der Waals surface area contributed by atoms with Crippen LogP contribution in [-0.4, -0.2) is 19.0 Å². The number of aryl methyl sites for hydroxylation is 1. The topological polar surface area (TPSA) is 41.1 Å². The van der Waals surface area contributed by atoms with Gasteiger partial charge in [0.05, 0.1) is 11.3 Å². The lowest BCUT2D eigenvalue weighted by molar-refractivity contribution is 0.0954. The highest BCUT2D eigenvalue weighted by Gasteiger charge is 2.22. The summed E-state index contributed by atoms with van der Waals surface area (Å²) in [5, 5.41) is 6.29. The van der Waals surface area contributed by atoms with Gasteiger partial charge in [-0.05, 0) is 54.5 Å². The number of benzene rings is 2. The summed E-state index contributed by atoms with van der Waals surface area (Å²) in [6.07, 6.45) is 1.56. The van der Waals surface area contributed by atoms with Crippen LogP contribution in [0.3, 0.4) is 0 Å². The lowest BCUT2D eigenvalue weighted by atomic mass is 9.89. The van der Waals surface area contributed by atoms with E-state index in [9.17, 15) is 9.18 Å². The standard InChI is InChI=1S/C20H23FN2O/c1-13-11-16-14(2)7-9-22-19(16)17(12-13)20(24)23-10-8-15-5-3-4-6-18(15)21/h3-6,11-12,14,22H,7-10H2,1-2H3,(H,23,24). The fourth-order valence-electron chi connectivity index (χ4n) is 3.26. The molecule has 2 aromatic carbocycles. The first-order valence-electron chi connectivity index (χ1n) is 8.46. The minimum atomic E-state index is -0.227. The second-order valence-electron chi connectivity index (χ2n) is 6.49. The van der Waals surface area contributed by atoms with E-state index < -0.39 is 0 Å². The molecule has 4 heteroatoms. The van der Waals surface area contributed by atoms with E-state index in [1.807, 2.05) is 19.1 Å². The summed E-state index contributed by atoms with van der Waals surface area (Å²) in [6.45, 7) is 5.50. The summed E-state index contributed by atoms with van der Waals surface area (Å²) in [7, 11) is 0. The third kappa shape index (κ3) is 3.42. The van der Waals surface area contributed by atoms with Crippen molar-refractivity contribution in [3.8, 4) is 0 Å². The first kappa shape index (κ1) is 16.5. The van der Waals surface area contributed by atoms with Gasteiger partial charge in [0.15, 0.2) is 0 Å². The van der Waals surface area contributed by atoms with Crippen LogP contribution in [0, 0.1) is 12.7 Å². The summed E-state index contributed by atoms with van der Waals surface area (Å²) in [4.78, 5) is 12.6. The molecule has 1 aliphatic rings. The summed E-state index contributed by atoms with van der Waals surface area (Å²) in [5.74, 6) is 0.120. The summed E-state index contributed by atoms with van der Waals surface area (Å²) in [6, 6.07) is 10.7. The molecule has 1 amide bonds. The third-order valence-electron chi connectivity index (χ3n) is 4.61. The van der Waals surface area contributed by atoms with Gasteiger partial charge in [-0.15, -0.1) is 0 Å². The molecule has 1 atom stereocenters. The minimum absolute atomic E-state index is 0.104. The lowest BCUT2D eigenvalue weighted by Crippen LogP contribution is -2.28. The smallest absolute Gasteiger partial charge is 0.253 e. The van der Waals surface area contributed by atoms with E-state index in [0.29, 0.717) is 30.0 Å². The van der Waals surface area contributed by atoms with Crippen LogP contribution in [-0.2, 0) is 6.42 Å². The maximum Gasteiger partial charge on any atom is 0.253 e. The minimum Gasteiger partial charge on any atom is -0.384 e. The number of carbonyl (C=O) groups is 1. The number of hydrogen-bond donors (Lipinski definition) is 2. The van der Waals surface area contributed by atoms with Crippen molar-refractivity contribution in [2.75, 3.05) is 18.4 Å². The first-order chi connectivity index (χ1) is 11.6. The number of rotatable bonds is 4. The molecule has 3 rings (SSSR count). The van der Waals surface area contributed by atoms with Crippen molar-refractivity contribution in [1.82, 2.24) is 5.32 Å². The highest BCUT2D eigenvalue weighted by Crippen LogP contribution is 2.34. The Morgan fingerprint density at radius 1 is 1.33 bits per heavy atom. The molecule has 0 spiro atoms. The number of fused-ring (bicyclic) bond motifs is 1. The number of amides is 1. The van der Waals surface area contributed by atoms with Gasteiger partial charge < -0.3 is 10.6 Å². The van der Waals surface area contributed by atoms with Gasteiger partial charge in [-0.1, -0.05) is 31.2 Å². The molecule has 1 heterocycles. The maximum atomic E-state index is 13.6. The van der Waals surface area contributed by atoms with Crippen LogP contribution in [0.1, 0.15) is 46.3 Å². The second-order valence-corrected chi connectivity index (χ2v) is 6.49. The molecule has 0 fully saturated rings. The van der Waals surface area contributed by atoms with E-state index in [1.165, 1.54) is 11.6 Å². The molecule has 0 bridgehead atoms. The number of carbonyl (C=O) groups excluding carboxylic acids is 1. The number of halogens is 1. The Labute approximate surface area is 142 Å². The van der Waals surface area contributed by atoms with E-state index in [-0.39, 0.29) is 11.7 Å². The molecule has 24 heavy (non-hydrogen) atoms. The third-order valence-corrected chi connectivity index (χ3v) is 4.61. The van der Waals surface area contributed by atoms with E-state index in [2.05, 4.69) is 23.6 Å². The maximum absolute atomic E-state index is 13.6. The number of anilines is 1. The molecule has 2 N–H and O–H groups in total. The van der Waals surface area contributed by atoms with Gasteiger partial charge in [0.25, 0.3) is 5.91 Å². The Morgan fingerprint density at radius 3 is 2.92 bits per heavy atom. The average molecular weight is 326 g/mol. The quantitative estimate of drug-likeness (QED) is 0.891. The predicted octanol–water partition coefficient (Wildman–Crippen LogP) is 4.03. The van der Waals surface area contributed by atoms with Crippen LogP contribution >= 0.6 is 0 Å². The van der Waals surface area contributed by atoms with E-state index in [1.54, 1.807) is 12.1 Å². The fraction of sp³-hybridized carbons (Fsp3) is 0.350. The molecule has 1 aliphatic heterocycles. The van der Waals surface area contributed by atoms with Gasteiger partial charge in [0.2, 0.25) is 0 Å². The second kappa shape index (κ2) is 7.04. The van der Waals surface area contributed by atoms with Crippen molar-refractivity contribution < 1.29 is 9.18 Å². The van der Waals surface area contributed by atoms with Crippen molar-refractivity contribution in [3.63, 3.8) is 0 Å². The van der Waals surface area contributed by atoms with Crippen molar-refractivity contribution in [2.45, 2.75) is 32.6 Å². The molecule has 1 unspecified atom stereocenters. The molecule has 0 aliphatic carbocycles. The molecule has 0 radical (unpaired) electrons. The Kier molecular flexibility index (Phi) is 4.84. The SMILES string of the molecule is Cc1cc(C(=O)NCCc2ccccc2F)c2c(c1)C(C)CCN2.